The number of carbonyl (C=O) groups is 1. The summed E-state index contributed by atoms with van der Waals surface area (Å²) in [6.45, 7) is 3.73. The maximum atomic E-state index is 13.7. The van der Waals surface area contributed by atoms with Crippen molar-refractivity contribution in [3.8, 4) is 16.9 Å². The molecule has 202 valence electrons. The maximum Gasteiger partial charge on any atom is 0.247 e. The second-order valence-electron chi connectivity index (χ2n) is 10.5. The topological polar surface area (TPSA) is 87.2 Å². The SMILES string of the molecule is C[C@H](CO)N1C[C@H](C)[C@@H](CN(C)C(=O)C2CCCCC2)Oc2cc(-c3ccc(F)cc3)ccc2S1(=O)=O. The Morgan fingerprint density at radius 1 is 1.14 bits per heavy atom. The monoisotopic (exact) mass is 532 g/mol. The number of nitrogens with zero attached hydrogens (tertiary/aromatic N) is 2. The summed E-state index contributed by atoms with van der Waals surface area (Å²) in [6.07, 6.45) is 4.61. The van der Waals surface area contributed by atoms with Crippen LogP contribution in [0.15, 0.2) is 47.4 Å². The highest BCUT2D eigenvalue weighted by Crippen LogP contribution is 2.37. The third-order valence-corrected chi connectivity index (χ3v) is 9.65. The molecule has 0 unspecified atom stereocenters. The van der Waals surface area contributed by atoms with Gasteiger partial charge in [0.05, 0.1) is 13.2 Å². The first-order valence-corrected chi connectivity index (χ1v) is 14.5. The minimum absolute atomic E-state index is 0.0109. The first-order chi connectivity index (χ1) is 17.6. The molecule has 1 heterocycles. The molecule has 1 aliphatic heterocycles. The Balaban J connectivity index is 1.71. The number of carbonyl (C=O) groups excluding carboxylic acids is 1. The van der Waals surface area contributed by atoms with Gasteiger partial charge in [-0.25, -0.2) is 12.8 Å². The van der Waals surface area contributed by atoms with Crippen molar-refractivity contribution in [3.05, 3.63) is 48.3 Å². The lowest BCUT2D eigenvalue weighted by molar-refractivity contribution is -0.136. The van der Waals surface area contributed by atoms with Crippen molar-refractivity contribution < 1.29 is 27.4 Å². The number of halogens is 1. The molecule has 0 spiro atoms. The Morgan fingerprint density at radius 3 is 2.43 bits per heavy atom. The number of fused-ring (bicyclic) bond motifs is 1. The predicted molar refractivity (Wildman–Crippen MR) is 140 cm³/mol. The van der Waals surface area contributed by atoms with Crippen molar-refractivity contribution in [1.82, 2.24) is 9.21 Å². The molecule has 1 saturated carbocycles. The highest BCUT2D eigenvalue weighted by atomic mass is 32.2. The minimum atomic E-state index is -3.97. The van der Waals surface area contributed by atoms with E-state index in [9.17, 15) is 22.7 Å². The standard InChI is InChI=1S/C28H37FN2O5S/c1-19-16-31(20(2)18-32)37(34,35)27-14-11-23(21-9-12-24(29)13-10-21)15-25(27)36-26(19)17-30(3)28(33)22-7-5-4-6-8-22/h9-15,19-20,22,26,32H,4-8,16-18H2,1-3H3/t19-,20+,26+/m0/s1. The molecule has 2 aliphatic rings. The Bertz CT molecular complexity index is 1200. The van der Waals surface area contributed by atoms with E-state index in [1.54, 1.807) is 43.1 Å². The van der Waals surface area contributed by atoms with Crippen LogP contribution in [-0.4, -0.2) is 67.5 Å². The van der Waals surface area contributed by atoms with E-state index in [-0.39, 0.29) is 47.4 Å². The lowest BCUT2D eigenvalue weighted by Gasteiger charge is -2.38. The molecule has 2 aromatic rings. The molecule has 1 amide bonds. The fourth-order valence-corrected chi connectivity index (χ4v) is 7.11. The molecule has 37 heavy (non-hydrogen) atoms. The molecule has 7 nitrogen and oxygen atoms in total. The van der Waals surface area contributed by atoms with Gasteiger partial charge in [0, 0.05) is 31.5 Å². The van der Waals surface area contributed by atoms with E-state index in [0.29, 0.717) is 12.1 Å². The van der Waals surface area contributed by atoms with Crippen molar-refractivity contribution in [2.24, 2.45) is 11.8 Å². The molecule has 3 atom stereocenters. The Hall–Kier alpha value is -2.49. The molecule has 0 radical (unpaired) electrons. The van der Waals surface area contributed by atoms with Crippen LogP contribution in [0.4, 0.5) is 4.39 Å². The van der Waals surface area contributed by atoms with Gasteiger partial charge in [-0.2, -0.15) is 4.31 Å². The molecular formula is C28H37FN2O5S. The molecule has 2 aromatic carbocycles. The van der Waals surface area contributed by atoms with Crippen LogP contribution < -0.4 is 4.74 Å². The molecule has 0 aromatic heterocycles. The van der Waals surface area contributed by atoms with Crippen LogP contribution in [0.25, 0.3) is 11.1 Å². The number of ether oxygens (including phenoxy) is 1. The quantitative estimate of drug-likeness (QED) is 0.600. The number of rotatable bonds is 6. The Morgan fingerprint density at radius 2 is 1.78 bits per heavy atom. The van der Waals surface area contributed by atoms with Gasteiger partial charge in [0.1, 0.15) is 22.6 Å². The molecule has 0 bridgehead atoms. The third-order valence-electron chi connectivity index (χ3n) is 7.63. The summed E-state index contributed by atoms with van der Waals surface area (Å²) in [5.41, 5.74) is 1.41. The number of hydrogen-bond acceptors (Lipinski definition) is 5. The molecule has 0 saturated heterocycles. The van der Waals surface area contributed by atoms with Gasteiger partial charge in [0.2, 0.25) is 15.9 Å². The number of sulfonamides is 1. The minimum Gasteiger partial charge on any atom is -0.487 e. The third kappa shape index (κ3) is 5.99. The van der Waals surface area contributed by atoms with E-state index in [2.05, 4.69) is 0 Å². The van der Waals surface area contributed by atoms with Crippen LogP contribution in [0.1, 0.15) is 46.0 Å². The lowest BCUT2D eigenvalue weighted by Crippen LogP contribution is -2.50. The van der Waals surface area contributed by atoms with Gasteiger partial charge in [-0.3, -0.25) is 4.79 Å². The number of aliphatic hydroxyl groups is 1. The summed E-state index contributed by atoms with van der Waals surface area (Å²) in [4.78, 5) is 14.9. The van der Waals surface area contributed by atoms with Gasteiger partial charge < -0.3 is 14.7 Å². The van der Waals surface area contributed by atoms with Crippen molar-refractivity contribution in [1.29, 1.82) is 0 Å². The maximum absolute atomic E-state index is 13.7. The number of amides is 1. The van der Waals surface area contributed by atoms with Crippen LogP contribution in [0.5, 0.6) is 5.75 Å². The van der Waals surface area contributed by atoms with Crippen molar-refractivity contribution in [3.63, 3.8) is 0 Å². The summed E-state index contributed by atoms with van der Waals surface area (Å²) < 4.78 is 48.6. The predicted octanol–water partition coefficient (Wildman–Crippen LogP) is 4.30. The van der Waals surface area contributed by atoms with Crippen LogP contribution in [0, 0.1) is 17.7 Å². The average Bonchev–Trinajstić information content (AvgIpc) is 2.90. The number of likely N-dealkylation sites (N-methyl/N-ethyl adjacent to an activating group) is 1. The number of benzene rings is 2. The molecule has 1 N–H and O–H groups in total. The lowest BCUT2D eigenvalue weighted by atomic mass is 9.88. The number of hydrogen-bond donors (Lipinski definition) is 1. The fourth-order valence-electron chi connectivity index (χ4n) is 5.29. The van der Waals surface area contributed by atoms with E-state index in [4.69, 9.17) is 4.74 Å². The molecule has 9 heteroatoms. The van der Waals surface area contributed by atoms with Gasteiger partial charge in [0.15, 0.2) is 0 Å². The molecular weight excluding hydrogens is 495 g/mol. The normalized spacial score (nSPS) is 23.3. The summed E-state index contributed by atoms with van der Waals surface area (Å²) in [5.74, 6) is -0.306. The van der Waals surface area contributed by atoms with Crippen molar-refractivity contribution >= 4 is 15.9 Å². The van der Waals surface area contributed by atoms with E-state index in [1.807, 2.05) is 6.92 Å². The highest BCUT2D eigenvalue weighted by Gasteiger charge is 2.39. The smallest absolute Gasteiger partial charge is 0.247 e. The zero-order valence-corrected chi connectivity index (χ0v) is 22.6. The number of aliphatic hydroxyl groups excluding tert-OH is 1. The zero-order chi connectivity index (χ0) is 26.7. The van der Waals surface area contributed by atoms with Crippen LogP contribution in [0.2, 0.25) is 0 Å². The van der Waals surface area contributed by atoms with E-state index < -0.39 is 22.2 Å². The van der Waals surface area contributed by atoms with Gasteiger partial charge in [-0.05, 0) is 55.2 Å². The fraction of sp³-hybridized carbons (Fsp3) is 0.536. The van der Waals surface area contributed by atoms with Crippen molar-refractivity contribution in [2.75, 3.05) is 26.7 Å². The second kappa shape index (κ2) is 11.5. The zero-order valence-electron chi connectivity index (χ0n) is 21.8. The van der Waals surface area contributed by atoms with Gasteiger partial charge in [-0.1, -0.05) is 44.4 Å². The van der Waals surface area contributed by atoms with Crippen LogP contribution in [0.3, 0.4) is 0 Å². The Labute approximate surface area is 219 Å². The van der Waals surface area contributed by atoms with Crippen LogP contribution >= 0.6 is 0 Å². The summed E-state index contributed by atoms with van der Waals surface area (Å²) in [7, 11) is -2.19. The van der Waals surface area contributed by atoms with E-state index in [0.717, 1.165) is 37.7 Å². The molecule has 4 rings (SSSR count). The summed E-state index contributed by atoms with van der Waals surface area (Å²) in [6, 6.07) is 10.2. The highest BCUT2D eigenvalue weighted by molar-refractivity contribution is 7.89. The van der Waals surface area contributed by atoms with E-state index in [1.165, 1.54) is 22.5 Å². The van der Waals surface area contributed by atoms with Crippen LogP contribution in [-0.2, 0) is 14.8 Å². The molecule has 1 aliphatic carbocycles. The van der Waals surface area contributed by atoms with E-state index >= 15 is 0 Å². The second-order valence-corrected chi connectivity index (χ2v) is 12.3. The van der Waals surface area contributed by atoms with Gasteiger partial charge >= 0.3 is 0 Å². The Kier molecular flexibility index (Phi) is 8.56. The van der Waals surface area contributed by atoms with Crippen molar-refractivity contribution in [2.45, 2.75) is 63.0 Å². The first-order valence-electron chi connectivity index (χ1n) is 13.1. The summed E-state index contributed by atoms with van der Waals surface area (Å²) >= 11 is 0. The first kappa shape index (κ1) is 27.5. The summed E-state index contributed by atoms with van der Waals surface area (Å²) in [5, 5.41) is 9.84. The average molecular weight is 533 g/mol. The largest absolute Gasteiger partial charge is 0.487 e. The molecule has 1 fully saturated rings. The van der Waals surface area contributed by atoms with Gasteiger partial charge in [0.25, 0.3) is 0 Å². The van der Waals surface area contributed by atoms with Gasteiger partial charge in [-0.15, -0.1) is 0 Å².